The Bertz CT molecular complexity index is 634. The molecule has 0 aromatic heterocycles. The summed E-state index contributed by atoms with van der Waals surface area (Å²) in [4.78, 5) is 0. The van der Waals surface area contributed by atoms with Gasteiger partial charge in [0.2, 0.25) is 0 Å². The molecule has 0 aliphatic heterocycles. The van der Waals surface area contributed by atoms with Gasteiger partial charge in [-0.1, -0.05) is 31.9 Å². The summed E-state index contributed by atoms with van der Waals surface area (Å²) < 4.78 is 15.3. The number of benzene rings is 2. The van der Waals surface area contributed by atoms with Crippen molar-refractivity contribution < 1.29 is 9.50 Å². The second kappa shape index (κ2) is 6.37. The molecule has 104 valence electrons. The van der Waals surface area contributed by atoms with Gasteiger partial charge in [0.15, 0.2) is 0 Å². The van der Waals surface area contributed by atoms with Crippen LogP contribution in [0.1, 0.15) is 12.5 Å². The molecular formula is C14H11Br2FN2O. The van der Waals surface area contributed by atoms with Crippen LogP contribution < -0.4 is 5.43 Å². The molecule has 2 aromatic carbocycles. The quantitative estimate of drug-likeness (QED) is 0.567. The summed E-state index contributed by atoms with van der Waals surface area (Å²) in [7, 11) is 0. The lowest BCUT2D eigenvalue weighted by Gasteiger charge is -2.07. The smallest absolute Gasteiger partial charge is 0.137 e. The lowest BCUT2D eigenvalue weighted by molar-refractivity contribution is 0.467. The van der Waals surface area contributed by atoms with Crippen LogP contribution in [-0.2, 0) is 0 Å². The second-order valence-electron chi connectivity index (χ2n) is 4.10. The van der Waals surface area contributed by atoms with Crippen LogP contribution in [0.2, 0.25) is 0 Å². The van der Waals surface area contributed by atoms with Crippen LogP contribution in [-0.4, -0.2) is 10.8 Å². The van der Waals surface area contributed by atoms with E-state index in [2.05, 4.69) is 42.4 Å². The number of hydrogen-bond donors (Lipinski definition) is 2. The van der Waals surface area contributed by atoms with Crippen molar-refractivity contribution in [3.05, 3.63) is 56.7 Å². The molecule has 0 unspecified atom stereocenters. The number of nitrogens with zero attached hydrogens (tertiary/aromatic N) is 1. The van der Waals surface area contributed by atoms with E-state index in [0.29, 0.717) is 10.2 Å². The summed E-state index contributed by atoms with van der Waals surface area (Å²) in [6.07, 6.45) is 0. The van der Waals surface area contributed by atoms with E-state index < -0.39 is 5.82 Å². The van der Waals surface area contributed by atoms with Crippen LogP contribution in [0.15, 0.2) is 50.4 Å². The van der Waals surface area contributed by atoms with Gasteiger partial charge in [-0.2, -0.15) is 5.10 Å². The average molecular weight is 402 g/mol. The Morgan fingerprint density at radius 1 is 1.15 bits per heavy atom. The molecule has 0 atom stereocenters. The van der Waals surface area contributed by atoms with Gasteiger partial charge in [0.25, 0.3) is 0 Å². The number of anilines is 1. The van der Waals surface area contributed by atoms with Gasteiger partial charge in [0, 0.05) is 8.95 Å². The van der Waals surface area contributed by atoms with E-state index in [1.54, 1.807) is 6.92 Å². The molecule has 0 aliphatic rings. The number of hydrazone groups is 1. The summed E-state index contributed by atoms with van der Waals surface area (Å²) in [5, 5.41) is 13.9. The number of phenols is 1. The molecule has 0 saturated heterocycles. The first-order valence-corrected chi connectivity index (χ1v) is 7.30. The molecule has 0 aliphatic carbocycles. The van der Waals surface area contributed by atoms with Gasteiger partial charge in [-0.25, -0.2) is 4.39 Å². The normalized spacial score (nSPS) is 11.5. The van der Waals surface area contributed by atoms with Crippen LogP contribution in [0.4, 0.5) is 10.1 Å². The van der Waals surface area contributed by atoms with Crippen molar-refractivity contribution in [1.29, 1.82) is 0 Å². The van der Waals surface area contributed by atoms with E-state index in [1.807, 2.05) is 24.3 Å². The first-order valence-electron chi connectivity index (χ1n) is 5.71. The van der Waals surface area contributed by atoms with Crippen LogP contribution in [0.3, 0.4) is 0 Å². The SMILES string of the molecule is C/C(=N\Nc1ccc(Br)cc1)c1c(O)cc(Br)cc1F. The molecule has 0 radical (unpaired) electrons. The van der Waals surface area contributed by atoms with E-state index in [4.69, 9.17) is 0 Å². The second-order valence-corrected chi connectivity index (χ2v) is 5.93. The lowest BCUT2D eigenvalue weighted by Crippen LogP contribution is -2.03. The van der Waals surface area contributed by atoms with Crippen molar-refractivity contribution in [2.24, 2.45) is 5.10 Å². The van der Waals surface area contributed by atoms with Crippen LogP contribution in [0, 0.1) is 5.82 Å². The standard InChI is InChI=1S/C14H11Br2FN2O/c1-8(14-12(17)6-10(16)7-13(14)20)18-19-11-4-2-9(15)3-5-11/h2-7,19-20H,1H3/b18-8+. The summed E-state index contributed by atoms with van der Waals surface area (Å²) in [6, 6.07) is 10.1. The molecule has 3 nitrogen and oxygen atoms in total. The topological polar surface area (TPSA) is 44.6 Å². The fourth-order valence-corrected chi connectivity index (χ4v) is 2.33. The third-order valence-electron chi connectivity index (χ3n) is 2.59. The minimum Gasteiger partial charge on any atom is -0.507 e. The van der Waals surface area contributed by atoms with Gasteiger partial charge >= 0.3 is 0 Å². The Morgan fingerprint density at radius 2 is 1.80 bits per heavy atom. The summed E-state index contributed by atoms with van der Waals surface area (Å²) in [5.41, 5.74) is 4.02. The number of hydrogen-bond acceptors (Lipinski definition) is 3. The maximum atomic E-state index is 13.8. The van der Waals surface area contributed by atoms with Crippen LogP contribution in [0.5, 0.6) is 5.75 Å². The molecule has 0 bridgehead atoms. The first kappa shape index (κ1) is 15.0. The Balaban J connectivity index is 2.25. The highest BCUT2D eigenvalue weighted by Gasteiger charge is 2.12. The zero-order valence-corrected chi connectivity index (χ0v) is 13.7. The number of nitrogens with one attached hydrogen (secondary N) is 1. The highest BCUT2D eigenvalue weighted by Crippen LogP contribution is 2.26. The maximum absolute atomic E-state index is 13.8. The van der Waals surface area contributed by atoms with Gasteiger partial charge in [-0.05, 0) is 43.3 Å². The molecule has 2 N–H and O–H groups in total. The predicted octanol–water partition coefficient (Wildman–Crippen LogP) is 4.89. The number of rotatable bonds is 3. The average Bonchev–Trinajstić information content (AvgIpc) is 2.37. The number of halogens is 3. The van der Waals surface area contributed by atoms with Gasteiger partial charge in [0.1, 0.15) is 11.6 Å². The summed E-state index contributed by atoms with van der Waals surface area (Å²) in [5.74, 6) is -0.688. The highest BCUT2D eigenvalue weighted by molar-refractivity contribution is 9.10. The molecule has 20 heavy (non-hydrogen) atoms. The number of phenolic OH excluding ortho intramolecular Hbond substituents is 1. The van der Waals surface area contributed by atoms with E-state index in [-0.39, 0.29) is 11.3 Å². The fraction of sp³-hybridized carbons (Fsp3) is 0.0714. The zero-order chi connectivity index (χ0) is 14.7. The van der Waals surface area contributed by atoms with Crippen molar-refractivity contribution in [2.75, 3.05) is 5.43 Å². The minimum atomic E-state index is -0.532. The van der Waals surface area contributed by atoms with E-state index in [1.165, 1.54) is 12.1 Å². The van der Waals surface area contributed by atoms with Crippen molar-refractivity contribution >= 4 is 43.3 Å². The molecular weight excluding hydrogens is 391 g/mol. The Hall–Kier alpha value is -1.40. The lowest BCUT2D eigenvalue weighted by atomic mass is 10.1. The van der Waals surface area contributed by atoms with E-state index in [9.17, 15) is 9.50 Å². The van der Waals surface area contributed by atoms with Gasteiger partial charge in [-0.15, -0.1) is 0 Å². The van der Waals surface area contributed by atoms with Crippen molar-refractivity contribution in [3.63, 3.8) is 0 Å². The van der Waals surface area contributed by atoms with E-state index in [0.717, 1.165) is 10.2 Å². The van der Waals surface area contributed by atoms with Crippen LogP contribution >= 0.6 is 31.9 Å². The van der Waals surface area contributed by atoms with Crippen molar-refractivity contribution in [3.8, 4) is 5.75 Å². The molecule has 2 aromatic rings. The Kier molecular flexibility index (Phi) is 4.77. The predicted molar refractivity (Wildman–Crippen MR) is 85.7 cm³/mol. The van der Waals surface area contributed by atoms with E-state index >= 15 is 0 Å². The molecule has 0 spiro atoms. The largest absolute Gasteiger partial charge is 0.507 e. The molecule has 0 saturated carbocycles. The molecule has 2 rings (SSSR count). The third-order valence-corrected chi connectivity index (χ3v) is 3.58. The summed E-state index contributed by atoms with van der Waals surface area (Å²) in [6.45, 7) is 1.62. The van der Waals surface area contributed by atoms with Crippen LogP contribution in [0.25, 0.3) is 0 Å². The van der Waals surface area contributed by atoms with Gasteiger partial charge in [-0.3, -0.25) is 5.43 Å². The van der Waals surface area contributed by atoms with Crippen molar-refractivity contribution in [2.45, 2.75) is 6.92 Å². The number of aromatic hydroxyl groups is 1. The minimum absolute atomic E-state index is 0.0813. The molecule has 0 amide bonds. The monoisotopic (exact) mass is 400 g/mol. The summed E-state index contributed by atoms with van der Waals surface area (Å²) >= 11 is 6.46. The zero-order valence-electron chi connectivity index (χ0n) is 10.5. The Morgan fingerprint density at radius 3 is 2.40 bits per heavy atom. The van der Waals surface area contributed by atoms with Gasteiger partial charge < -0.3 is 5.11 Å². The van der Waals surface area contributed by atoms with Gasteiger partial charge in [0.05, 0.1) is 17.0 Å². The van der Waals surface area contributed by atoms with Crippen molar-refractivity contribution in [1.82, 2.24) is 0 Å². The fourth-order valence-electron chi connectivity index (χ4n) is 1.65. The maximum Gasteiger partial charge on any atom is 0.137 e. The molecule has 6 heteroatoms. The molecule has 0 heterocycles. The first-order chi connectivity index (χ1) is 9.47. The molecule has 0 fully saturated rings. The third kappa shape index (κ3) is 3.58. The highest BCUT2D eigenvalue weighted by atomic mass is 79.9. The Labute approximate surface area is 132 Å².